The monoisotopic (exact) mass is 262 g/mol. The molecule has 0 radical (unpaired) electrons. The summed E-state index contributed by atoms with van der Waals surface area (Å²) in [6.45, 7) is 3.87. The van der Waals surface area contributed by atoms with Crippen LogP contribution >= 0.6 is 0 Å². The Labute approximate surface area is 114 Å². The first-order valence-corrected chi connectivity index (χ1v) is 7.16. The lowest BCUT2D eigenvalue weighted by molar-refractivity contribution is 0.412. The molecule has 1 aromatic heterocycles. The maximum atomic E-state index is 5.44. The van der Waals surface area contributed by atoms with Crippen molar-refractivity contribution in [1.82, 2.24) is 9.97 Å². The maximum absolute atomic E-state index is 5.44. The van der Waals surface area contributed by atoms with Gasteiger partial charge in [0.2, 0.25) is 5.75 Å². The van der Waals surface area contributed by atoms with Gasteiger partial charge in [-0.3, -0.25) is 0 Å². The normalized spacial score (nSPS) is 19.9. The van der Waals surface area contributed by atoms with Gasteiger partial charge in [0.05, 0.1) is 7.11 Å². The Hall–Kier alpha value is -1.52. The molecular weight excluding hydrogens is 240 g/mol. The number of hydrogen-bond acceptors (Lipinski definition) is 5. The zero-order chi connectivity index (χ0) is 13.3. The summed E-state index contributed by atoms with van der Waals surface area (Å²) in [5.41, 5.74) is 0.550. The molecular formula is C14H22N4O. The first-order chi connectivity index (χ1) is 9.29. The number of nitrogens with zero attached hydrogens (tertiary/aromatic N) is 2. The molecule has 2 fully saturated rings. The molecule has 2 aliphatic carbocycles. The van der Waals surface area contributed by atoms with Crippen LogP contribution in [0.25, 0.3) is 0 Å². The van der Waals surface area contributed by atoms with E-state index in [1.165, 1.54) is 25.7 Å². The van der Waals surface area contributed by atoms with Crippen LogP contribution < -0.4 is 15.4 Å². The molecule has 0 bridgehead atoms. The summed E-state index contributed by atoms with van der Waals surface area (Å²) in [7, 11) is 1.67. The molecule has 0 saturated heterocycles. The number of ether oxygens (including phenoxy) is 1. The minimum atomic E-state index is 0.550. The summed E-state index contributed by atoms with van der Waals surface area (Å²) in [4.78, 5) is 8.54. The second-order valence-electron chi connectivity index (χ2n) is 5.62. The van der Waals surface area contributed by atoms with Gasteiger partial charge in [0.25, 0.3) is 0 Å². The number of nitrogens with one attached hydrogen (secondary N) is 2. The van der Waals surface area contributed by atoms with E-state index in [2.05, 4.69) is 20.6 Å². The highest BCUT2D eigenvalue weighted by Gasteiger charge is 2.53. The Morgan fingerprint density at radius 2 is 1.95 bits per heavy atom. The summed E-state index contributed by atoms with van der Waals surface area (Å²) in [6, 6.07) is 0. The third-order valence-corrected chi connectivity index (χ3v) is 4.30. The van der Waals surface area contributed by atoms with Gasteiger partial charge in [0, 0.05) is 13.1 Å². The fourth-order valence-corrected chi connectivity index (χ4v) is 2.83. The number of methoxy groups -OCH3 is 1. The van der Waals surface area contributed by atoms with E-state index in [1.54, 1.807) is 13.4 Å². The van der Waals surface area contributed by atoms with Crippen molar-refractivity contribution in [2.24, 2.45) is 11.3 Å². The van der Waals surface area contributed by atoms with E-state index in [-0.39, 0.29) is 0 Å². The Bertz CT molecular complexity index is 455. The summed E-state index contributed by atoms with van der Waals surface area (Å²) in [5, 5.41) is 6.67. The van der Waals surface area contributed by atoms with Gasteiger partial charge in [-0.05, 0) is 43.9 Å². The van der Waals surface area contributed by atoms with Gasteiger partial charge in [0.1, 0.15) is 6.33 Å². The molecule has 2 aliphatic rings. The highest BCUT2D eigenvalue weighted by Crippen LogP contribution is 2.61. The molecule has 1 aromatic rings. The number of hydrogen-bond donors (Lipinski definition) is 2. The molecule has 0 aliphatic heterocycles. The van der Waals surface area contributed by atoms with Crippen LogP contribution in [-0.2, 0) is 0 Å². The summed E-state index contributed by atoms with van der Waals surface area (Å²) in [6.07, 6.45) is 7.12. The zero-order valence-electron chi connectivity index (χ0n) is 11.7. The highest BCUT2D eigenvalue weighted by molar-refractivity contribution is 5.63. The van der Waals surface area contributed by atoms with E-state index in [1.807, 2.05) is 6.92 Å². The SMILES string of the molecule is CCNc1ncnc(NCC2(C3CC3)CC2)c1OC. The summed E-state index contributed by atoms with van der Waals surface area (Å²) >= 11 is 0. The largest absolute Gasteiger partial charge is 0.490 e. The van der Waals surface area contributed by atoms with Crippen LogP contribution in [0.15, 0.2) is 6.33 Å². The lowest BCUT2D eigenvalue weighted by Crippen LogP contribution is -2.19. The molecule has 5 heteroatoms. The van der Waals surface area contributed by atoms with Crippen LogP contribution in [0.3, 0.4) is 0 Å². The Morgan fingerprint density at radius 3 is 2.47 bits per heavy atom. The lowest BCUT2D eigenvalue weighted by atomic mass is 10.0. The second-order valence-corrected chi connectivity index (χ2v) is 5.62. The van der Waals surface area contributed by atoms with E-state index in [4.69, 9.17) is 4.74 Å². The summed E-state index contributed by atoms with van der Waals surface area (Å²) < 4.78 is 5.44. The van der Waals surface area contributed by atoms with Gasteiger partial charge >= 0.3 is 0 Å². The van der Waals surface area contributed by atoms with E-state index >= 15 is 0 Å². The molecule has 19 heavy (non-hydrogen) atoms. The maximum Gasteiger partial charge on any atom is 0.204 e. The molecule has 0 amide bonds. The van der Waals surface area contributed by atoms with Gasteiger partial charge in [-0.2, -0.15) is 0 Å². The average Bonchev–Trinajstić information content (AvgIpc) is 3.28. The summed E-state index contributed by atoms with van der Waals surface area (Å²) in [5.74, 6) is 3.23. The van der Waals surface area contributed by atoms with Crippen molar-refractivity contribution in [3.8, 4) is 5.75 Å². The van der Waals surface area contributed by atoms with Crippen LogP contribution in [0.5, 0.6) is 5.75 Å². The van der Waals surface area contributed by atoms with Crippen molar-refractivity contribution in [2.45, 2.75) is 32.6 Å². The molecule has 1 heterocycles. The van der Waals surface area contributed by atoms with E-state index in [9.17, 15) is 0 Å². The molecule has 2 N–H and O–H groups in total. The molecule has 3 rings (SSSR count). The lowest BCUT2D eigenvalue weighted by Gasteiger charge is -2.18. The van der Waals surface area contributed by atoms with Crippen molar-refractivity contribution >= 4 is 11.6 Å². The van der Waals surface area contributed by atoms with Crippen molar-refractivity contribution in [3.05, 3.63) is 6.33 Å². The molecule has 5 nitrogen and oxygen atoms in total. The first-order valence-electron chi connectivity index (χ1n) is 7.16. The minimum Gasteiger partial charge on any atom is -0.490 e. The van der Waals surface area contributed by atoms with E-state index in [0.29, 0.717) is 5.41 Å². The van der Waals surface area contributed by atoms with Gasteiger partial charge < -0.3 is 15.4 Å². The quantitative estimate of drug-likeness (QED) is 0.790. The molecule has 0 aromatic carbocycles. The predicted molar refractivity (Wildman–Crippen MR) is 75.6 cm³/mol. The van der Waals surface area contributed by atoms with Crippen LogP contribution in [0.1, 0.15) is 32.6 Å². The Morgan fingerprint density at radius 1 is 1.26 bits per heavy atom. The smallest absolute Gasteiger partial charge is 0.204 e. The third kappa shape index (κ3) is 2.46. The molecule has 0 atom stereocenters. The van der Waals surface area contributed by atoms with Gasteiger partial charge in [-0.25, -0.2) is 9.97 Å². The number of anilines is 2. The molecule has 0 spiro atoms. The van der Waals surface area contributed by atoms with Gasteiger partial charge in [0.15, 0.2) is 11.6 Å². The average molecular weight is 262 g/mol. The fourth-order valence-electron chi connectivity index (χ4n) is 2.83. The first kappa shape index (κ1) is 12.5. The van der Waals surface area contributed by atoms with Crippen molar-refractivity contribution in [2.75, 3.05) is 30.8 Å². The third-order valence-electron chi connectivity index (χ3n) is 4.30. The van der Waals surface area contributed by atoms with Crippen LogP contribution in [-0.4, -0.2) is 30.2 Å². The second kappa shape index (κ2) is 4.87. The minimum absolute atomic E-state index is 0.550. The molecule has 2 saturated carbocycles. The van der Waals surface area contributed by atoms with Gasteiger partial charge in [-0.1, -0.05) is 0 Å². The molecule has 104 valence electrons. The van der Waals surface area contributed by atoms with Crippen molar-refractivity contribution in [3.63, 3.8) is 0 Å². The highest BCUT2D eigenvalue weighted by atomic mass is 16.5. The zero-order valence-corrected chi connectivity index (χ0v) is 11.7. The molecule has 0 unspecified atom stereocenters. The number of rotatable bonds is 7. The topological polar surface area (TPSA) is 59.1 Å². The van der Waals surface area contributed by atoms with Crippen LogP contribution in [0.2, 0.25) is 0 Å². The van der Waals surface area contributed by atoms with E-state index in [0.717, 1.165) is 36.4 Å². The van der Waals surface area contributed by atoms with Crippen LogP contribution in [0.4, 0.5) is 11.6 Å². The van der Waals surface area contributed by atoms with Crippen molar-refractivity contribution in [1.29, 1.82) is 0 Å². The Balaban J connectivity index is 1.71. The van der Waals surface area contributed by atoms with Gasteiger partial charge in [-0.15, -0.1) is 0 Å². The van der Waals surface area contributed by atoms with Crippen LogP contribution in [0, 0.1) is 11.3 Å². The van der Waals surface area contributed by atoms with E-state index < -0.39 is 0 Å². The number of aromatic nitrogens is 2. The standard InChI is InChI=1S/C14H22N4O/c1-3-15-12-11(19-2)13(18-9-17-12)16-8-14(6-7-14)10-4-5-10/h9-10H,3-8H2,1-2H3,(H2,15,16,17,18). The Kier molecular flexibility index (Phi) is 3.21. The fraction of sp³-hybridized carbons (Fsp3) is 0.714. The van der Waals surface area contributed by atoms with Crippen molar-refractivity contribution < 1.29 is 4.74 Å². The predicted octanol–water partition coefficient (Wildman–Crippen LogP) is 2.52.